The van der Waals surface area contributed by atoms with Crippen LogP contribution in [0.25, 0.3) is 0 Å². The standard InChI is InChI=1S/C14H19NO3S.ClH/c1-11-2-4-13(5-3-11)19(16,17)18-14-10-15-8-6-12(14)7-9-15;/h2-5,12,14H,6-10H2,1H3;1H/p-1. The zero-order valence-corrected chi connectivity index (χ0v) is 13.0. The molecular weight excluding hydrogens is 298 g/mol. The summed E-state index contributed by atoms with van der Waals surface area (Å²) in [4.78, 5) is 2.55. The Morgan fingerprint density at radius 3 is 2.25 bits per heavy atom. The first-order chi connectivity index (χ1) is 9.04. The molecule has 1 aromatic carbocycles. The van der Waals surface area contributed by atoms with E-state index in [1.807, 2.05) is 6.92 Å². The fourth-order valence-electron chi connectivity index (χ4n) is 2.94. The molecule has 112 valence electrons. The van der Waals surface area contributed by atoms with Crippen molar-refractivity contribution in [2.45, 2.75) is 30.8 Å². The minimum absolute atomic E-state index is 0. The molecule has 4 nitrogen and oxygen atoms in total. The van der Waals surface area contributed by atoms with Crippen molar-refractivity contribution in [2.24, 2.45) is 5.92 Å². The van der Waals surface area contributed by atoms with Crippen LogP contribution < -0.4 is 12.4 Å². The molecule has 3 aliphatic rings. The molecule has 6 heteroatoms. The Kier molecular flexibility index (Phi) is 4.74. The van der Waals surface area contributed by atoms with E-state index in [9.17, 15) is 8.42 Å². The summed E-state index contributed by atoms with van der Waals surface area (Å²) in [6, 6.07) is 6.83. The van der Waals surface area contributed by atoms with E-state index in [0.717, 1.165) is 38.0 Å². The van der Waals surface area contributed by atoms with Crippen LogP contribution in [0.4, 0.5) is 0 Å². The zero-order chi connectivity index (χ0) is 13.5. The lowest BCUT2D eigenvalue weighted by atomic mass is 9.86. The lowest BCUT2D eigenvalue weighted by Gasteiger charge is -2.43. The summed E-state index contributed by atoms with van der Waals surface area (Å²) in [7, 11) is -3.63. The van der Waals surface area contributed by atoms with Gasteiger partial charge >= 0.3 is 0 Å². The van der Waals surface area contributed by atoms with Crippen molar-refractivity contribution in [3.05, 3.63) is 29.8 Å². The summed E-state index contributed by atoms with van der Waals surface area (Å²) in [5, 5.41) is 0. The van der Waals surface area contributed by atoms with Gasteiger partial charge in [-0.25, -0.2) is 0 Å². The molecule has 3 heterocycles. The van der Waals surface area contributed by atoms with Crippen LogP contribution in [0.2, 0.25) is 0 Å². The Hall–Kier alpha value is -0.620. The van der Waals surface area contributed by atoms with Crippen molar-refractivity contribution in [3.8, 4) is 0 Å². The van der Waals surface area contributed by atoms with E-state index < -0.39 is 10.1 Å². The highest BCUT2D eigenvalue weighted by atomic mass is 35.5. The van der Waals surface area contributed by atoms with Gasteiger partial charge in [-0.1, -0.05) is 17.7 Å². The summed E-state index contributed by atoms with van der Waals surface area (Å²) >= 11 is 0. The van der Waals surface area contributed by atoms with Crippen LogP contribution in [0.5, 0.6) is 0 Å². The minimum Gasteiger partial charge on any atom is -1.00 e. The topological polar surface area (TPSA) is 46.6 Å². The van der Waals surface area contributed by atoms with Gasteiger partial charge in [-0.05, 0) is 50.9 Å². The predicted molar refractivity (Wildman–Crippen MR) is 72.4 cm³/mol. The van der Waals surface area contributed by atoms with Gasteiger partial charge < -0.3 is 17.3 Å². The quantitative estimate of drug-likeness (QED) is 0.657. The van der Waals surface area contributed by atoms with Crippen molar-refractivity contribution in [1.29, 1.82) is 0 Å². The summed E-state index contributed by atoms with van der Waals surface area (Å²) in [6.45, 7) is 4.84. The van der Waals surface area contributed by atoms with Crippen LogP contribution in [0.15, 0.2) is 29.2 Å². The first-order valence-corrected chi connectivity index (χ1v) is 8.18. The second-order valence-corrected chi connectivity index (χ2v) is 7.11. The predicted octanol–water partition coefficient (Wildman–Crippen LogP) is -1.20. The molecule has 0 saturated carbocycles. The lowest BCUT2D eigenvalue weighted by Crippen LogP contribution is -3.00. The first-order valence-electron chi connectivity index (χ1n) is 6.77. The van der Waals surface area contributed by atoms with E-state index >= 15 is 0 Å². The van der Waals surface area contributed by atoms with Crippen molar-refractivity contribution >= 4 is 10.1 Å². The molecule has 0 aromatic heterocycles. The van der Waals surface area contributed by atoms with Gasteiger partial charge in [0.2, 0.25) is 0 Å². The SMILES string of the molecule is Cc1ccc(S(=O)(=O)OC2CN3CCC2CC3)cc1.[Cl-]. The first kappa shape index (κ1) is 15.8. The molecule has 4 rings (SSSR count). The molecule has 1 atom stereocenters. The Morgan fingerprint density at radius 2 is 1.75 bits per heavy atom. The molecule has 3 fully saturated rings. The second-order valence-electron chi connectivity index (χ2n) is 5.54. The number of rotatable bonds is 3. The van der Waals surface area contributed by atoms with Crippen LogP contribution in [0, 0.1) is 12.8 Å². The Labute approximate surface area is 126 Å². The van der Waals surface area contributed by atoms with E-state index in [-0.39, 0.29) is 23.4 Å². The summed E-state index contributed by atoms with van der Waals surface area (Å²) < 4.78 is 30.0. The molecule has 0 spiro atoms. The van der Waals surface area contributed by atoms with Crippen molar-refractivity contribution in [3.63, 3.8) is 0 Å². The van der Waals surface area contributed by atoms with Crippen LogP contribution in [-0.2, 0) is 14.3 Å². The van der Waals surface area contributed by atoms with Crippen molar-refractivity contribution in [2.75, 3.05) is 19.6 Å². The Bertz CT molecular complexity index is 550. The molecule has 1 aromatic rings. The number of hydrogen-bond donors (Lipinski definition) is 0. The van der Waals surface area contributed by atoms with E-state index in [0.29, 0.717) is 5.92 Å². The molecule has 1 unspecified atom stereocenters. The fraction of sp³-hybridized carbons (Fsp3) is 0.571. The smallest absolute Gasteiger partial charge is 0.297 e. The third kappa shape index (κ3) is 3.17. The zero-order valence-electron chi connectivity index (χ0n) is 11.5. The number of piperidine rings is 3. The molecule has 20 heavy (non-hydrogen) atoms. The van der Waals surface area contributed by atoms with Crippen LogP contribution in [-0.4, -0.2) is 39.1 Å². The Morgan fingerprint density at radius 1 is 1.15 bits per heavy atom. The highest BCUT2D eigenvalue weighted by Crippen LogP contribution is 2.31. The van der Waals surface area contributed by atoms with Crippen LogP contribution >= 0.6 is 0 Å². The fourth-order valence-corrected chi connectivity index (χ4v) is 4.07. The molecule has 2 bridgehead atoms. The van der Waals surface area contributed by atoms with Crippen molar-refractivity contribution < 1.29 is 25.0 Å². The average Bonchev–Trinajstić information content (AvgIpc) is 2.40. The maximum absolute atomic E-state index is 12.2. The summed E-state index contributed by atoms with van der Waals surface area (Å²) in [5.41, 5.74) is 1.04. The monoisotopic (exact) mass is 316 g/mol. The van der Waals surface area contributed by atoms with Gasteiger partial charge in [0, 0.05) is 6.54 Å². The molecule has 0 N–H and O–H groups in total. The van der Waals surface area contributed by atoms with Gasteiger partial charge in [-0.15, -0.1) is 0 Å². The van der Waals surface area contributed by atoms with Crippen LogP contribution in [0.3, 0.4) is 0 Å². The van der Waals surface area contributed by atoms with Gasteiger partial charge in [0.15, 0.2) is 0 Å². The second kappa shape index (κ2) is 6.02. The average molecular weight is 317 g/mol. The number of aryl methyl sites for hydroxylation is 1. The van der Waals surface area contributed by atoms with Gasteiger partial charge in [0.1, 0.15) is 0 Å². The van der Waals surface area contributed by atoms with Gasteiger partial charge in [0.25, 0.3) is 10.1 Å². The van der Waals surface area contributed by atoms with Gasteiger partial charge in [-0.3, -0.25) is 4.18 Å². The van der Waals surface area contributed by atoms with E-state index in [1.54, 1.807) is 24.3 Å². The van der Waals surface area contributed by atoms with Gasteiger partial charge in [-0.2, -0.15) is 8.42 Å². The lowest BCUT2D eigenvalue weighted by molar-refractivity contribution is -0.00431. The van der Waals surface area contributed by atoms with Gasteiger partial charge in [0.05, 0.1) is 11.0 Å². The van der Waals surface area contributed by atoms with E-state index in [2.05, 4.69) is 4.90 Å². The molecule has 0 amide bonds. The van der Waals surface area contributed by atoms with E-state index in [4.69, 9.17) is 4.18 Å². The summed E-state index contributed by atoms with van der Waals surface area (Å²) in [6.07, 6.45) is 1.93. The third-order valence-electron chi connectivity index (χ3n) is 4.16. The molecule has 3 saturated heterocycles. The van der Waals surface area contributed by atoms with Crippen LogP contribution in [0.1, 0.15) is 18.4 Å². The normalized spacial score (nSPS) is 28.9. The maximum atomic E-state index is 12.2. The highest BCUT2D eigenvalue weighted by molar-refractivity contribution is 7.86. The molecular formula is C14H19ClNO3S-. The third-order valence-corrected chi connectivity index (χ3v) is 5.51. The number of hydrogen-bond acceptors (Lipinski definition) is 4. The largest absolute Gasteiger partial charge is 1.00 e. The number of halogens is 1. The van der Waals surface area contributed by atoms with Crippen molar-refractivity contribution in [1.82, 2.24) is 4.90 Å². The number of nitrogens with zero attached hydrogens (tertiary/aromatic N) is 1. The maximum Gasteiger partial charge on any atom is 0.297 e. The number of fused-ring (bicyclic) bond motifs is 3. The Balaban J connectivity index is 0.00000147. The molecule has 0 radical (unpaired) electrons. The number of benzene rings is 1. The summed E-state index contributed by atoms with van der Waals surface area (Å²) in [5.74, 6) is 0.394. The molecule has 3 aliphatic heterocycles. The minimum atomic E-state index is -3.63. The van der Waals surface area contributed by atoms with E-state index in [1.165, 1.54) is 0 Å². The highest BCUT2D eigenvalue weighted by Gasteiger charge is 2.37. The molecule has 0 aliphatic carbocycles.